The summed E-state index contributed by atoms with van der Waals surface area (Å²) in [7, 11) is 0. The summed E-state index contributed by atoms with van der Waals surface area (Å²) < 4.78 is 6.49. The molecule has 32 heavy (non-hydrogen) atoms. The van der Waals surface area contributed by atoms with Crippen molar-refractivity contribution in [2.24, 2.45) is 17.3 Å². The Kier molecular flexibility index (Phi) is 6.15. The van der Waals surface area contributed by atoms with Crippen LogP contribution in [0.1, 0.15) is 61.7 Å². The average Bonchev–Trinajstić information content (AvgIpc) is 2.92. The molecule has 0 amide bonds. The number of carbonyl (C=O) groups excluding carboxylic acids is 1. The molecule has 3 atom stereocenters. The molecule has 5 heteroatoms. The second kappa shape index (κ2) is 8.91. The second-order valence-electron chi connectivity index (χ2n) is 9.98. The lowest BCUT2D eigenvalue weighted by Gasteiger charge is -2.46. The van der Waals surface area contributed by atoms with Gasteiger partial charge in [0.2, 0.25) is 0 Å². The number of halogens is 2. The van der Waals surface area contributed by atoms with Gasteiger partial charge in [0.25, 0.3) is 5.24 Å². The van der Waals surface area contributed by atoms with Gasteiger partial charge in [-0.2, -0.15) is 0 Å². The molecule has 0 N–H and O–H groups in total. The summed E-state index contributed by atoms with van der Waals surface area (Å²) >= 11 is 12.3. The van der Waals surface area contributed by atoms with Crippen molar-refractivity contribution in [1.82, 2.24) is 0 Å². The zero-order chi connectivity index (χ0) is 22.3. The van der Waals surface area contributed by atoms with E-state index in [1.54, 1.807) is 6.07 Å². The van der Waals surface area contributed by atoms with E-state index in [1.807, 2.05) is 12.1 Å². The minimum atomic E-state index is -0.422. The normalized spacial score (nSPS) is 29.3. The van der Waals surface area contributed by atoms with E-state index in [9.17, 15) is 4.79 Å². The van der Waals surface area contributed by atoms with E-state index < -0.39 is 5.24 Å². The van der Waals surface area contributed by atoms with Crippen LogP contribution < -0.4 is 9.64 Å². The molecule has 1 fully saturated rings. The van der Waals surface area contributed by atoms with E-state index in [-0.39, 0.29) is 5.41 Å². The molecular formula is C27H31Cl2NO2. The summed E-state index contributed by atoms with van der Waals surface area (Å²) in [6.45, 7) is 6.53. The summed E-state index contributed by atoms with van der Waals surface area (Å²) in [6.07, 6.45) is 13.2. The molecule has 5 rings (SSSR count). The van der Waals surface area contributed by atoms with Crippen LogP contribution in [0.5, 0.6) is 5.75 Å². The van der Waals surface area contributed by atoms with E-state index in [0.717, 1.165) is 68.1 Å². The standard InChI is InChI=1S/C27H31Cl2NO2/c1-2-4-18-6-7-21(18)15-30-16-27(12-3-5-19-13-22(28)9-10-23(19)27)17-32-25-11-8-20(26(29)31)14-24(25)30/h2,8,11,13-14,18,21H,1,3-7,9-10,12,15-17H2/t18-,21+,27+/m1/s1. The van der Waals surface area contributed by atoms with E-state index in [0.29, 0.717) is 24.0 Å². The predicted octanol–water partition coefficient (Wildman–Crippen LogP) is 7.25. The van der Waals surface area contributed by atoms with Crippen molar-refractivity contribution in [1.29, 1.82) is 0 Å². The van der Waals surface area contributed by atoms with Crippen LogP contribution in [0.2, 0.25) is 0 Å². The molecule has 1 aliphatic heterocycles. The number of allylic oxidation sites excluding steroid dienone is 4. The number of fused-ring (bicyclic) bond motifs is 2. The van der Waals surface area contributed by atoms with Crippen LogP contribution in [0.15, 0.2) is 53.1 Å². The third-order valence-electron chi connectivity index (χ3n) is 8.10. The topological polar surface area (TPSA) is 29.5 Å². The molecule has 170 valence electrons. The van der Waals surface area contributed by atoms with Crippen molar-refractivity contribution >= 4 is 34.1 Å². The Hall–Kier alpha value is -1.71. The molecule has 4 aliphatic rings. The van der Waals surface area contributed by atoms with Gasteiger partial charge in [-0.1, -0.05) is 23.3 Å². The first kappa shape index (κ1) is 22.1. The molecule has 1 spiro atoms. The fourth-order valence-electron chi connectivity index (χ4n) is 6.25. The van der Waals surface area contributed by atoms with Gasteiger partial charge in [-0.15, -0.1) is 6.58 Å². The van der Waals surface area contributed by atoms with E-state index in [1.165, 1.54) is 24.0 Å². The Labute approximate surface area is 201 Å². The van der Waals surface area contributed by atoms with Crippen LogP contribution in [-0.2, 0) is 0 Å². The Bertz CT molecular complexity index is 997. The van der Waals surface area contributed by atoms with Crippen molar-refractivity contribution in [2.75, 3.05) is 24.6 Å². The van der Waals surface area contributed by atoms with Gasteiger partial charge in [0.05, 0.1) is 12.3 Å². The van der Waals surface area contributed by atoms with Gasteiger partial charge in [0.1, 0.15) is 5.75 Å². The smallest absolute Gasteiger partial charge is 0.252 e. The highest BCUT2D eigenvalue weighted by atomic mass is 35.5. The molecule has 0 unspecified atom stereocenters. The highest BCUT2D eigenvalue weighted by Crippen LogP contribution is 2.51. The summed E-state index contributed by atoms with van der Waals surface area (Å²) in [6, 6.07) is 5.64. The molecule has 0 saturated heterocycles. The number of rotatable bonds is 5. The van der Waals surface area contributed by atoms with Crippen molar-refractivity contribution in [3.63, 3.8) is 0 Å². The number of ether oxygens (including phenoxy) is 1. The third kappa shape index (κ3) is 4.03. The van der Waals surface area contributed by atoms with Crippen LogP contribution in [0.3, 0.4) is 0 Å². The number of nitrogens with zero attached hydrogens (tertiary/aromatic N) is 1. The third-order valence-corrected chi connectivity index (χ3v) is 8.61. The highest BCUT2D eigenvalue weighted by molar-refractivity contribution is 6.67. The van der Waals surface area contributed by atoms with Crippen molar-refractivity contribution in [3.05, 3.63) is 58.7 Å². The molecule has 1 aromatic carbocycles. The zero-order valence-electron chi connectivity index (χ0n) is 18.5. The lowest BCUT2D eigenvalue weighted by molar-refractivity contribution is 0.108. The fourth-order valence-corrected chi connectivity index (χ4v) is 6.60. The summed E-state index contributed by atoms with van der Waals surface area (Å²) in [5.74, 6) is 2.20. The molecule has 0 bridgehead atoms. The lowest BCUT2D eigenvalue weighted by atomic mass is 9.66. The first-order valence-electron chi connectivity index (χ1n) is 11.9. The molecule has 3 nitrogen and oxygen atoms in total. The van der Waals surface area contributed by atoms with Gasteiger partial charge in [0, 0.05) is 29.1 Å². The molecule has 1 aromatic rings. The molecule has 3 aliphatic carbocycles. The van der Waals surface area contributed by atoms with Gasteiger partial charge >= 0.3 is 0 Å². The maximum atomic E-state index is 11.9. The number of hydrogen-bond donors (Lipinski definition) is 0. The van der Waals surface area contributed by atoms with Gasteiger partial charge in [-0.05, 0) is 105 Å². The van der Waals surface area contributed by atoms with Crippen LogP contribution in [0.25, 0.3) is 0 Å². The molecular weight excluding hydrogens is 441 g/mol. The van der Waals surface area contributed by atoms with Gasteiger partial charge < -0.3 is 9.64 Å². The van der Waals surface area contributed by atoms with Gasteiger partial charge in [-0.3, -0.25) is 4.79 Å². The largest absolute Gasteiger partial charge is 0.490 e. The average molecular weight is 472 g/mol. The van der Waals surface area contributed by atoms with E-state index in [4.69, 9.17) is 27.9 Å². The number of anilines is 1. The summed E-state index contributed by atoms with van der Waals surface area (Å²) in [5.41, 5.74) is 4.49. The van der Waals surface area contributed by atoms with Crippen molar-refractivity contribution < 1.29 is 9.53 Å². The number of hydrogen-bond acceptors (Lipinski definition) is 3. The van der Waals surface area contributed by atoms with E-state index in [2.05, 4.69) is 23.6 Å². The number of benzene rings is 1. The van der Waals surface area contributed by atoms with Crippen molar-refractivity contribution in [3.8, 4) is 5.75 Å². The Balaban J connectivity index is 1.53. The predicted molar refractivity (Wildman–Crippen MR) is 132 cm³/mol. The quantitative estimate of drug-likeness (QED) is 0.334. The maximum Gasteiger partial charge on any atom is 0.252 e. The zero-order valence-corrected chi connectivity index (χ0v) is 20.1. The minimum Gasteiger partial charge on any atom is -0.490 e. The minimum absolute atomic E-state index is 0.0104. The van der Waals surface area contributed by atoms with E-state index >= 15 is 0 Å². The molecule has 1 saturated carbocycles. The van der Waals surface area contributed by atoms with Crippen LogP contribution >= 0.6 is 23.2 Å². The van der Waals surface area contributed by atoms with Gasteiger partial charge in [0.15, 0.2) is 0 Å². The van der Waals surface area contributed by atoms with Crippen LogP contribution in [0.4, 0.5) is 5.69 Å². The number of carbonyl (C=O) groups is 1. The Morgan fingerprint density at radius 2 is 2.09 bits per heavy atom. The lowest BCUT2D eigenvalue weighted by Crippen LogP contribution is -2.46. The summed E-state index contributed by atoms with van der Waals surface area (Å²) in [5, 5.41) is 0.553. The van der Waals surface area contributed by atoms with Gasteiger partial charge in [-0.25, -0.2) is 0 Å². The monoisotopic (exact) mass is 471 g/mol. The van der Waals surface area contributed by atoms with Crippen LogP contribution in [-0.4, -0.2) is 24.9 Å². The molecule has 0 aromatic heterocycles. The first-order chi connectivity index (χ1) is 15.5. The second-order valence-corrected chi connectivity index (χ2v) is 10.8. The Morgan fingerprint density at radius 1 is 1.25 bits per heavy atom. The first-order valence-corrected chi connectivity index (χ1v) is 12.7. The highest BCUT2D eigenvalue weighted by Gasteiger charge is 2.44. The van der Waals surface area contributed by atoms with Crippen LogP contribution in [0, 0.1) is 17.3 Å². The molecule has 1 heterocycles. The fraction of sp³-hybridized carbons (Fsp3) is 0.519. The Morgan fingerprint density at radius 3 is 2.84 bits per heavy atom. The van der Waals surface area contributed by atoms with Crippen molar-refractivity contribution in [2.45, 2.75) is 51.4 Å². The molecule has 0 radical (unpaired) electrons. The maximum absolute atomic E-state index is 11.9. The SMILES string of the molecule is C=CC[C@@H]1CC[C@H]1CN1C[C@@]2(CCCC3=C2CCC(Cl)=C3)COc2ccc(C(=O)Cl)cc21. The summed E-state index contributed by atoms with van der Waals surface area (Å²) in [4.78, 5) is 14.4.